The van der Waals surface area contributed by atoms with Crippen LogP contribution in [0.15, 0.2) is 65.7 Å². The van der Waals surface area contributed by atoms with Gasteiger partial charge in [-0.25, -0.2) is 4.98 Å². The van der Waals surface area contributed by atoms with Gasteiger partial charge < -0.3 is 15.1 Å². The number of carbonyl (C=O) groups is 1. The first-order valence-corrected chi connectivity index (χ1v) is 9.51. The van der Waals surface area contributed by atoms with Crippen molar-refractivity contribution in [1.82, 2.24) is 4.98 Å². The Morgan fingerprint density at radius 3 is 2.54 bits per heavy atom. The highest BCUT2D eigenvalue weighted by Crippen LogP contribution is 2.34. The molecule has 28 heavy (non-hydrogen) atoms. The molecule has 0 atom stereocenters. The summed E-state index contributed by atoms with van der Waals surface area (Å²) in [6, 6.07) is 16.7. The average Bonchev–Trinajstić information content (AvgIpc) is 3.27. The number of benzene rings is 2. The lowest BCUT2D eigenvalue weighted by Crippen LogP contribution is -2.26. The molecule has 0 fully saturated rings. The molecule has 1 aromatic heterocycles. The summed E-state index contributed by atoms with van der Waals surface area (Å²) in [6.07, 6.45) is -0.0478. The van der Waals surface area contributed by atoms with E-state index in [1.165, 1.54) is 11.3 Å². The number of anilines is 1. The molecular formula is C21H17N3O3S. The zero-order valence-corrected chi connectivity index (χ0v) is 15.6. The second-order valence-electron chi connectivity index (χ2n) is 6.40. The first kappa shape index (κ1) is 17.9. The molecule has 0 spiro atoms. The van der Waals surface area contributed by atoms with Gasteiger partial charge in [-0.05, 0) is 17.7 Å². The zero-order valence-electron chi connectivity index (χ0n) is 14.8. The summed E-state index contributed by atoms with van der Waals surface area (Å²) in [5, 5.41) is 30.4. The van der Waals surface area contributed by atoms with Crippen LogP contribution < -0.4 is 4.90 Å². The number of aliphatic hydroxyl groups is 1. The number of nitrogens with zero attached hydrogens (tertiary/aromatic N) is 2. The van der Waals surface area contributed by atoms with Crippen LogP contribution in [-0.4, -0.2) is 33.5 Å². The van der Waals surface area contributed by atoms with Crippen LogP contribution in [0.25, 0.3) is 16.8 Å². The van der Waals surface area contributed by atoms with E-state index in [9.17, 15) is 9.90 Å². The van der Waals surface area contributed by atoms with Gasteiger partial charge in [-0.2, -0.15) is 0 Å². The Balaban J connectivity index is 1.57. The third kappa shape index (κ3) is 3.39. The summed E-state index contributed by atoms with van der Waals surface area (Å²) >= 11 is 1.39. The standard InChI is InChI=1S/C21H17N3O3S/c22-20-19(21-23-16(12-28-21)14-4-2-1-3-5-14)17(25)11-24(20)15-8-6-13(7-9-15)10-18(26)27/h1-9,12,22,25H,10-11H2,(H,26,27). The summed E-state index contributed by atoms with van der Waals surface area (Å²) in [6.45, 7) is 0.187. The Bertz CT molecular complexity index is 1070. The maximum absolute atomic E-state index is 10.8. The topological polar surface area (TPSA) is 97.5 Å². The van der Waals surface area contributed by atoms with Gasteiger partial charge >= 0.3 is 5.97 Å². The number of thiazole rings is 1. The van der Waals surface area contributed by atoms with Gasteiger partial charge in [0.2, 0.25) is 0 Å². The fourth-order valence-corrected chi connectivity index (χ4v) is 4.02. The van der Waals surface area contributed by atoms with Crippen LogP contribution in [0.1, 0.15) is 10.6 Å². The number of nitrogens with one attached hydrogen (secondary N) is 1. The molecule has 0 radical (unpaired) electrons. The normalized spacial score (nSPS) is 14.0. The molecule has 0 bridgehead atoms. The van der Waals surface area contributed by atoms with Crippen LogP contribution in [0.5, 0.6) is 0 Å². The summed E-state index contributed by atoms with van der Waals surface area (Å²) in [5.74, 6) is -0.604. The molecule has 6 nitrogen and oxygen atoms in total. The monoisotopic (exact) mass is 391 g/mol. The van der Waals surface area contributed by atoms with Gasteiger partial charge in [0.15, 0.2) is 0 Å². The Morgan fingerprint density at radius 2 is 1.86 bits per heavy atom. The summed E-state index contributed by atoms with van der Waals surface area (Å²) < 4.78 is 0. The minimum Gasteiger partial charge on any atom is -0.510 e. The van der Waals surface area contributed by atoms with Crippen molar-refractivity contribution in [1.29, 1.82) is 5.41 Å². The van der Waals surface area contributed by atoms with E-state index in [1.807, 2.05) is 35.7 Å². The van der Waals surface area contributed by atoms with E-state index < -0.39 is 5.97 Å². The van der Waals surface area contributed by atoms with E-state index in [2.05, 4.69) is 4.98 Å². The molecule has 3 N–H and O–H groups in total. The minimum atomic E-state index is -0.888. The number of aliphatic carboxylic acids is 1. The summed E-state index contributed by atoms with van der Waals surface area (Å²) in [5.41, 5.74) is 3.64. The minimum absolute atomic E-state index is 0.0478. The van der Waals surface area contributed by atoms with Gasteiger partial charge in [0, 0.05) is 16.6 Å². The summed E-state index contributed by atoms with van der Waals surface area (Å²) in [7, 11) is 0. The highest BCUT2D eigenvalue weighted by Gasteiger charge is 2.31. The van der Waals surface area contributed by atoms with Crippen LogP contribution in [0.4, 0.5) is 5.69 Å². The molecule has 1 aliphatic rings. The van der Waals surface area contributed by atoms with Crippen molar-refractivity contribution in [3.05, 3.63) is 76.3 Å². The molecule has 4 rings (SSSR count). The van der Waals surface area contributed by atoms with Gasteiger partial charge in [0.05, 0.1) is 24.2 Å². The van der Waals surface area contributed by atoms with Gasteiger partial charge in [-0.15, -0.1) is 11.3 Å². The van der Waals surface area contributed by atoms with Crippen molar-refractivity contribution in [3.63, 3.8) is 0 Å². The Kier molecular flexibility index (Phi) is 4.67. The highest BCUT2D eigenvalue weighted by atomic mass is 32.1. The summed E-state index contributed by atoms with van der Waals surface area (Å²) in [4.78, 5) is 17.1. The van der Waals surface area contributed by atoms with Gasteiger partial charge in [0.25, 0.3) is 0 Å². The molecule has 0 unspecified atom stereocenters. The Hall–Kier alpha value is -3.45. The van der Waals surface area contributed by atoms with Crippen molar-refractivity contribution in [2.45, 2.75) is 6.42 Å². The third-order valence-electron chi connectivity index (χ3n) is 4.49. The van der Waals surface area contributed by atoms with Crippen LogP contribution in [0.2, 0.25) is 0 Å². The largest absolute Gasteiger partial charge is 0.510 e. The number of amidine groups is 1. The highest BCUT2D eigenvalue weighted by molar-refractivity contribution is 7.11. The lowest BCUT2D eigenvalue weighted by atomic mass is 10.1. The van der Waals surface area contributed by atoms with E-state index in [-0.39, 0.29) is 24.6 Å². The second kappa shape index (κ2) is 7.28. The molecule has 1 aliphatic heterocycles. The molecule has 0 saturated carbocycles. The van der Waals surface area contributed by atoms with Crippen molar-refractivity contribution >= 4 is 34.4 Å². The van der Waals surface area contributed by atoms with Crippen molar-refractivity contribution in [2.75, 3.05) is 11.4 Å². The van der Waals surface area contributed by atoms with E-state index in [0.29, 0.717) is 16.1 Å². The molecule has 0 saturated heterocycles. The molecule has 2 heterocycles. The number of rotatable bonds is 5. The molecule has 3 aromatic rings. The quantitative estimate of drug-likeness (QED) is 0.605. The Morgan fingerprint density at radius 1 is 1.14 bits per heavy atom. The number of aromatic nitrogens is 1. The lowest BCUT2D eigenvalue weighted by molar-refractivity contribution is -0.136. The van der Waals surface area contributed by atoms with Crippen molar-refractivity contribution in [3.8, 4) is 11.3 Å². The third-order valence-corrected chi connectivity index (χ3v) is 5.35. The molecule has 0 aliphatic carbocycles. The zero-order chi connectivity index (χ0) is 19.7. The van der Waals surface area contributed by atoms with E-state index in [1.54, 1.807) is 29.2 Å². The van der Waals surface area contributed by atoms with Crippen LogP contribution >= 0.6 is 11.3 Å². The maximum atomic E-state index is 10.8. The fourth-order valence-electron chi connectivity index (χ4n) is 3.12. The van der Waals surface area contributed by atoms with Crippen molar-refractivity contribution in [2.24, 2.45) is 0 Å². The molecule has 140 valence electrons. The van der Waals surface area contributed by atoms with E-state index >= 15 is 0 Å². The van der Waals surface area contributed by atoms with Crippen LogP contribution in [-0.2, 0) is 11.2 Å². The van der Waals surface area contributed by atoms with E-state index in [0.717, 1.165) is 16.9 Å². The first-order valence-electron chi connectivity index (χ1n) is 8.63. The lowest BCUT2D eigenvalue weighted by Gasteiger charge is -2.18. The smallest absolute Gasteiger partial charge is 0.307 e. The van der Waals surface area contributed by atoms with E-state index in [4.69, 9.17) is 10.5 Å². The molecular weight excluding hydrogens is 374 g/mol. The second-order valence-corrected chi connectivity index (χ2v) is 7.26. The predicted molar refractivity (Wildman–Crippen MR) is 110 cm³/mol. The van der Waals surface area contributed by atoms with Gasteiger partial charge in [-0.1, -0.05) is 42.5 Å². The molecule has 2 aromatic carbocycles. The van der Waals surface area contributed by atoms with Crippen LogP contribution in [0, 0.1) is 5.41 Å². The molecule has 7 heteroatoms. The number of carboxylic acid groups (broad SMARTS) is 1. The Labute approximate surface area is 165 Å². The fraction of sp³-hybridized carbons (Fsp3) is 0.0952. The predicted octanol–water partition coefficient (Wildman–Crippen LogP) is 4.20. The number of hydrogen-bond acceptors (Lipinski definition) is 5. The van der Waals surface area contributed by atoms with Crippen molar-refractivity contribution < 1.29 is 15.0 Å². The average molecular weight is 391 g/mol. The SMILES string of the molecule is N=C1C(c2nc(-c3ccccc3)cs2)=C(O)CN1c1ccc(CC(=O)O)cc1. The van der Waals surface area contributed by atoms with Gasteiger partial charge in [-0.3, -0.25) is 10.2 Å². The van der Waals surface area contributed by atoms with Crippen LogP contribution in [0.3, 0.4) is 0 Å². The number of aliphatic hydroxyl groups excluding tert-OH is 1. The molecule has 0 amide bonds. The van der Waals surface area contributed by atoms with Gasteiger partial charge in [0.1, 0.15) is 16.6 Å². The first-order chi connectivity index (χ1) is 13.5. The number of hydrogen-bond donors (Lipinski definition) is 3. The number of carboxylic acids is 1. The maximum Gasteiger partial charge on any atom is 0.307 e.